The van der Waals surface area contributed by atoms with E-state index in [1.807, 2.05) is 0 Å². The maximum absolute atomic E-state index is 13.9. The lowest BCUT2D eigenvalue weighted by atomic mass is 9.83. The molecular formula is C22H39FN4O5. The molecule has 184 valence electrons. The van der Waals surface area contributed by atoms with Crippen LogP contribution in [0.4, 0.5) is 4.39 Å². The highest BCUT2D eigenvalue weighted by molar-refractivity contribution is 5.79. The van der Waals surface area contributed by atoms with Crippen LogP contribution in [0.1, 0.15) is 57.8 Å². The zero-order valence-electron chi connectivity index (χ0n) is 18.9. The lowest BCUT2D eigenvalue weighted by molar-refractivity contribution is -0.251. The number of nitrogens with one attached hydrogen (secondary N) is 2. The molecule has 0 aromatic carbocycles. The van der Waals surface area contributed by atoms with Gasteiger partial charge in [0.25, 0.3) is 0 Å². The number of aliphatic hydroxyl groups is 3. The molecule has 8 atom stereocenters. The smallest absolute Gasteiger partial charge is 0.227 e. The van der Waals surface area contributed by atoms with Crippen LogP contribution in [0.3, 0.4) is 0 Å². The molecule has 2 heterocycles. The molecule has 32 heavy (non-hydrogen) atoms. The SMILES string of the molecule is CN(C(=O)C1CCCCC1)[C@H]1O[C@@H](CO)[C@@H](O)[C@@H](N2CC(C3CCCC(F)C3)NN2)[C@@H]1O. The predicted molar refractivity (Wildman–Crippen MR) is 115 cm³/mol. The van der Waals surface area contributed by atoms with Crippen molar-refractivity contribution in [3.05, 3.63) is 0 Å². The highest BCUT2D eigenvalue weighted by atomic mass is 19.1. The van der Waals surface area contributed by atoms with Crippen LogP contribution in [0.5, 0.6) is 0 Å². The van der Waals surface area contributed by atoms with Gasteiger partial charge in [0.2, 0.25) is 5.91 Å². The first-order valence-electron chi connectivity index (χ1n) is 12.2. The van der Waals surface area contributed by atoms with E-state index in [0.717, 1.165) is 44.9 Å². The Morgan fingerprint density at radius 1 is 1.12 bits per heavy atom. The fraction of sp³-hybridized carbons (Fsp3) is 0.955. The number of carbonyl (C=O) groups is 1. The van der Waals surface area contributed by atoms with Gasteiger partial charge in [-0.15, -0.1) is 0 Å². The Bertz CT molecular complexity index is 639. The molecule has 3 unspecified atom stereocenters. The molecule has 2 aliphatic carbocycles. The molecular weight excluding hydrogens is 419 g/mol. The van der Waals surface area contributed by atoms with Crippen molar-refractivity contribution in [2.75, 3.05) is 20.2 Å². The van der Waals surface area contributed by atoms with Gasteiger partial charge in [0.15, 0.2) is 6.23 Å². The number of aliphatic hydroxyl groups excluding tert-OH is 3. The number of hydrogen-bond acceptors (Lipinski definition) is 8. The van der Waals surface area contributed by atoms with E-state index >= 15 is 0 Å². The van der Waals surface area contributed by atoms with Crippen LogP contribution < -0.4 is 11.0 Å². The van der Waals surface area contributed by atoms with E-state index in [4.69, 9.17) is 4.74 Å². The van der Waals surface area contributed by atoms with Crippen molar-refractivity contribution in [3.8, 4) is 0 Å². The van der Waals surface area contributed by atoms with Crippen LogP contribution >= 0.6 is 0 Å². The number of likely N-dealkylation sites (N-methyl/N-ethyl adjacent to an activating group) is 1. The molecule has 2 saturated carbocycles. The van der Waals surface area contributed by atoms with Gasteiger partial charge in [0, 0.05) is 25.6 Å². The van der Waals surface area contributed by atoms with Crippen molar-refractivity contribution in [3.63, 3.8) is 0 Å². The number of hydrogen-bond donors (Lipinski definition) is 5. The Balaban J connectivity index is 1.45. The number of halogens is 1. The first-order valence-corrected chi connectivity index (χ1v) is 12.2. The second-order valence-electron chi connectivity index (χ2n) is 10.0. The fourth-order valence-electron chi connectivity index (χ4n) is 6.00. The summed E-state index contributed by atoms with van der Waals surface area (Å²) in [5.41, 5.74) is 6.24. The van der Waals surface area contributed by atoms with Crippen molar-refractivity contribution in [1.29, 1.82) is 0 Å². The third-order valence-electron chi connectivity index (χ3n) is 7.92. The number of hydrazine groups is 2. The topological polar surface area (TPSA) is 118 Å². The van der Waals surface area contributed by atoms with E-state index in [9.17, 15) is 24.5 Å². The first-order chi connectivity index (χ1) is 15.4. The van der Waals surface area contributed by atoms with Gasteiger partial charge in [-0.05, 0) is 38.0 Å². The molecule has 4 fully saturated rings. The van der Waals surface area contributed by atoms with Crippen LogP contribution in [-0.4, -0.2) is 94.1 Å². The molecule has 4 rings (SSSR count). The fourth-order valence-corrected chi connectivity index (χ4v) is 6.00. The zero-order chi connectivity index (χ0) is 22.8. The number of amides is 1. The highest BCUT2D eigenvalue weighted by Crippen LogP contribution is 2.33. The van der Waals surface area contributed by atoms with Gasteiger partial charge in [-0.1, -0.05) is 25.7 Å². The minimum absolute atomic E-state index is 0.0107. The van der Waals surface area contributed by atoms with Gasteiger partial charge >= 0.3 is 0 Å². The monoisotopic (exact) mass is 458 g/mol. The Morgan fingerprint density at radius 2 is 1.88 bits per heavy atom. The summed E-state index contributed by atoms with van der Waals surface area (Å²) in [7, 11) is 1.62. The molecule has 10 heteroatoms. The van der Waals surface area contributed by atoms with Crippen molar-refractivity contribution in [1.82, 2.24) is 20.9 Å². The highest BCUT2D eigenvalue weighted by Gasteiger charge is 2.51. The van der Waals surface area contributed by atoms with Crippen LogP contribution in [0.2, 0.25) is 0 Å². The molecule has 0 aromatic rings. The van der Waals surface area contributed by atoms with Crippen LogP contribution in [0.25, 0.3) is 0 Å². The maximum atomic E-state index is 13.9. The van der Waals surface area contributed by atoms with Gasteiger partial charge < -0.3 is 25.0 Å². The lowest BCUT2D eigenvalue weighted by Gasteiger charge is -2.48. The van der Waals surface area contributed by atoms with E-state index in [2.05, 4.69) is 11.0 Å². The summed E-state index contributed by atoms with van der Waals surface area (Å²) in [4.78, 5) is 14.5. The maximum Gasteiger partial charge on any atom is 0.227 e. The predicted octanol–water partition coefficient (Wildman–Crippen LogP) is 0.0544. The summed E-state index contributed by atoms with van der Waals surface area (Å²) in [6.45, 7) is 0.0462. The summed E-state index contributed by atoms with van der Waals surface area (Å²) >= 11 is 0. The second kappa shape index (κ2) is 10.6. The number of ether oxygens (including phenoxy) is 1. The summed E-state index contributed by atoms with van der Waals surface area (Å²) < 4.78 is 19.7. The van der Waals surface area contributed by atoms with Crippen molar-refractivity contribution < 1.29 is 29.2 Å². The molecule has 2 aliphatic heterocycles. The molecule has 5 N–H and O–H groups in total. The summed E-state index contributed by atoms with van der Waals surface area (Å²) in [5.74, 6) is 0.0193. The Kier molecular flexibility index (Phi) is 8.02. The van der Waals surface area contributed by atoms with Crippen molar-refractivity contribution in [2.45, 2.75) is 101 Å². The molecule has 4 aliphatic rings. The Labute approximate surface area is 189 Å². The van der Waals surface area contributed by atoms with Crippen molar-refractivity contribution in [2.24, 2.45) is 11.8 Å². The number of rotatable bonds is 5. The van der Waals surface area contributed by atoms with Crippen LogP contribution in [0, 0.1) is 11.8 Å². The van der Waals surface area contributed by atoms with Crippen LogP contribution in [-0.2, 0) is 9.53 Å². The number of alkyl halides is 1. The minimum atomic E-state index is -1.18. The van der Waals surface area contributed by atoms with E-state index in [-0.39, 0.29) is 23.8 Å². The van der Waals surface area contributed by atoms with Gasteiger partial charge in [0.05, 0.1) is 12.6 Å². The molecule has 0 aromatic heterocycles. The summed E-state index contributed by atoms with van der Waals surface area (Å²) in [6.07, 6.45) is 2.72. The number of carbonyl (C=O) groups excluding carboxylic acids is 1. The molecule has 2 saturated heterocycles. The third kappa shape index (κ3) is 4.96. The van der Waals surface area contributed by atoms with E-state index in [0.29, 0.717) is 19.4 Å². The summed E-state index contributed by atoms with van der Waals surface area (Å²) in [6, 6.07) is -0.807. The van der Waals surface area contributed by atoms with E-state index in [1.165, 1.54) is 4.90 Å². The average Bonchev–Trinajstić information content (AvgIpc) is 3.29. The molecule has 1 amide bonds. The first kappa shape index (κ1) is 24.3. The normalized spacial score (nSPS) is 42.2. The van der Waals surface area contributed by atoms with E-state index < -0.39 is 43.4 Å². The second-order valence-corrected chi connectivity index (χ2v) is 10.0. The Morgan fingerprint density at radius 3 is 2.56 bits per heavy atom. The average molecular weight is 459 g/mol. The molecule has 0 radical (unpaired) electrons. The van der Waals surface area contributed by atoms with Gasteiger partial charge in [-0.3, -0.25) is 4.79 Å². The van der Waals surface area contributed by atoms with Gasteiger partial charge in [0.1, 0.15) is 24.5 Å². The minimum Gasteiger partial charge on any atom is -0.394 e. The zero-order valence-corrected chi connectivity index (χ0v) is 18.9. The standard InChI is InChI=1S/C22H39FN4O5/c1-26(21(31)13-6-3-2-4-7-13)22-20(30)18(19(29)17(12-28)32-22)27-11-16(24-25-27)14-8-5-9-15(23)10-14/h13-20,22,24-25,28-30H,2-12H2,1H3/t14?,15?,16?,17-,18+,19+,20-,22-/m0/s1. The van der Waals surface area contributed by atoms with E-state index in [1.54, 1.807) is 12.1 Å². The van der Waals surface area contributed by atoms with Crippen LogP contribution in [0.15, 0.2) is 0 Å². The van der Waals surface area contributed by atoms with Crippen molar-refractivity contribution >= 4 is 5.91 Å². The quantitative estimate of drug-likeness (QED) is 0.393. The Hall–Kier alpha value is -0.880. The molecule has 9 nitrogen and oxygen atoms in total. The van der Waals surface area contributed by atoms with Gasteiger partial charge in [-0.2, -0.15) is 5.53 Å². The largest absolute Gasteiger partial charge is 0.394 e. The third-order valence-corrected chi connectivity index (χ3v) is 7.92. The molecule has 0 bridgehead atoms. The molecule has 0 spiro atoms. The summed E-state index contributed by atoms with van der Waals surface area (Å²) in [5, 5.41) is 33.6. The number of nitrogens with zero attached hydrogens (tertiary/aromatic N) is 2. The van der Waals surface area contributed by atoms with Gasteiger partial charge in [-0.25, -0.2) is 14.8 Å². The lowest BCUT2D eigenvalue weighted by Crippen LogP contribution is -2.69.